The van der Waals surface area contributed by atoms with E-state index in [4.69, 9.17) is 9.47 Å². The van der Waals surface area contributed by atoms with Crippen LogP contribution in [0.3, 0.4) is 0 Å². The van der Waals surface area contributed by atoms with Crippen molar-refractivity contribution in [3.05, 3.63) is 47.5 Å². The van der Waals surface area contributed by atoms with E-state index in [0.717, 1.165) is 38.8 Å². The summed E-state index contributed by atoms with van der Waals surface area (Å²) >= 11 is 0. The summed E-state index contributed by atoms with van der Waals surface area (Å²) in [5.74, 6) is 1.57. The minimum absolute atomic E-state index is 0.607. The molecule has 2 aromatic rings. The molecule has 0 bridgehead atoms. The predicted molar refractivity (Wildman–Crippen MR) is 78.1 cm³/mol. The number of hydrogen-bond acceptors (Lipinski definition) is 3. The molecule has 20 heavy (non-hydrogen) atoms. The molecule has 0 spiro atoms. The average Bonchev–Trinajstić information content (AvgIpc) is 2.48. The van der Waals surface area contributed by atoms with E-state index in [1.165, 1.54) is 0 Å². The van der Waals surface area contributed by atoms with Crippen LogP contribution in [0, 0.1) is 0 Å². The van der Waals surface area contributed by atoms with E-state index in [-0.39, 0.29) is 0 Å². The van der Waals surface area contributed by atoms with Gasteiger partial charge in [0.15, 0.2) is 0 Å². The lowest BCUT2D eigenvalue weighted by Gasteiger charge is -2.21. The molecule has 2 aromatic carbocycles. The Labute approximate surface area is 121 Å². The van der Waals surface area contributed by atoms with Crippen LogP contribution < -0.4 is 9.47 Å². The molecule has 0 fully saturated rings. The van der Waals surface area contributed by atoms with Crippen LogP contribution in [0.4, 0.5) is 0 Å². The summed E-state index contributed by atoms with van der Waals surface area (Å²) < 4.78 is 23.6. The highest BCUT2D eigenvalue weighted by molar-refractivity contribution is 7.85. The van der Waals surface area contributed by atoms with Gasteiger partial charge in [-0.05, 0) is 36.8 Å². The third-order valence-electron chi connectivity index (χ3n) is 3.43. The minimum Gasteiger partial charge on any atom is -0.496 e. The van der Waals surface area contributed by atoms with Crippen molar-refractivity contribution in [2.24, 2.45) is 0 Å². The number of rotatable bonds is 3. The fourth-order valence-electron chi connectivity index (χ4n) is 2.50. The number of fused-ring (bicyclic) bond motifs is 2. The standard InChI is InChI=1S/C16H16O3S/c1-3-19-12-8-7-11-9-13-14(18-2)5-4-6-15(13)20(17)16(11)10-12/h4-8,10H,3,9H2,1-2H3. The van der Waals surface area contributed by atoms with Gasteiger partial charge in [0.2, 0.25) is 0 Å². The molecule has 0 amide bonds. The van der Waals surface area contributed by atoms with E-state index in [1.807, 2.05) is 43.3 Å². The maximum atomic E-state index is 12.7. The Morgan fingerprint density at radius 1 is 1.20 bits per heavy atom. The molecule has 1 heterocycles. The monoisotopic (exact) mass is 288 g/mol. The van der Waals surface area contributed by atoms with Gasteiger partial charge in [-0.15, -0.1) is 0 Å². The van der Waals surface area contributed by atoms with Crippen LogP contribution in [0.5, 0.6) is 11.5 Å². The normalized spacial score (nSPS) is 16.2. The number of benzene rings is 2. The fraction of sp³-hybridized carbons (Fsp3) is 0.250. The minimum atomic E-state index is -1.18. The third kappa shape index (κ3) is 2.10. The highest BCUT2D eigenvalue weighted by Crippen LogP contribution is 2.37. The van der Waals surface area contributed by atoms with Crippen LogP contribution in [-0.4, -0.2) is 17.9 Å². The molecule has 104 valence electrons. The molecule has 0 saturated heterocycles. The predicted octanol–water partition coefficient (Wildman–Crippen LogP) is 3.16. The number of ether oxygens (including phenoxy) is 2. The van der Waals surface area contributed by atoms with E-state index in [2.05, 4.69) is 0 Å². The van der Waals surface area contributed by atoms with Gasteiger partial charge < -0.3 is 9.47 Å². The SMILES string of the molecule is CCOc1ccc2c(c1)S(=O)c1cccc(OC)c1C2. The molecule has 1 aliphatic rings. The lowest BCUT2D eigenvalue weighted by Crippen LogP contribution is -2.11. The number of hydrogen-bond donors (Lipinski definition) is 0. The zero-order valence-electron chi connectivity index (χ0n) is 11.5. The van der Waals surface area contributed by atoms with E-state index < -0.39 is 10.8 Å². The number of methoxy groups -OCH3 is 1. The molecule has 3 nitrogen and oxygen atoms in total. The summed E-state index contributed by atoms with van der Waals surface area (Å²) in [5, 5.41) is 0. The zero-order valence-corrected chi connectivity index (χ0v) is 12.3. The quantitative estimate of drug-likeness (QED) is 0.742. The first-order valence-electron chi connectivity index (χ1n) is 6.58. The second kappa shape index (κ2) is 5.29. The Hall–Kier alpha value is -1.81. The van der Waals surface area contributed by atoms with Crippen molar-refractivity contribution in [3.8, 4) is 11.5 Å². The maximum absolute atomic E-state index is 12.7. The molecule has 0 radical (unpaired) electrons. The van der Waals surface area contributed by atoms with Crippen LogP contribution >= 0.6 is 0 Å². The molecule has 0 aliphatic carbocycles. The van der Waals surface area contributed by atoms with Crippen LogP contribution in [0.1, 0.15) is 18.1 Å². The molecular formula is C16H16O3S. The van der Waals surface area contributed by atoms with Crippen molar-refractivity contribution >= 4 is 10.8 Å². The van der Waals surface area contributed by atoms with Gasteiger partial charge in [-0.3, -0.25) is 0 Å². The molecule has 1 aliphatic heterocycles. The smallest absolute Gasteiger partial charge is 0.123 e. The van der Waals surface area contributed by atoms with Gasteiger partial charge in [0, 0.05) is 12.0 Å². The molecular weight excluding hydrogens is 272 g/mol. The van der Waals surface area contributed by atoms with Crippen molar-refractivity contribution in [1.29, 1.82) is 0 Å². The van der Waals surface area contributed by atoms with Crippen LogP contribution in [0.15, 0.2) is 46.2 Å². The van der Waals surface area contributed by atoms with Crippen LogP contribution in [0.2, 0.25) is 0 Å². The molecule has 0 N–H and O–H groups in total. The second-order valence-corrected chi connectivity index (χ2v) is 6.00. The Morgan fingerprint density at radius 3 is 2.80 bits per heavy atom. The highest BCUT2D eigenvalue weighted by Gasteiger charge is 2.25. The lowest BCUT2D eigenvalue weighted by atomic mass is 10.0. The second-order valence-electron chi connectivity index (χ2n) is 4.59. The summed E-state index contributed by atoms with van der Waals surface area (Å²) in [7, 11) is 0.469. The van der Waals surface area contributed by atoms with Gasteiger partial charge in [-0.25, -0.2) is 4.21 Å². The van der Waals surface area contributed by atoms with Crippen LogP contribution in [0.25, 0.3) is 0 Å². The molecule has 1 atom stereocenters. The molecule has 0 aromatic heterocycles. The highest BCUT2D eigenvalue weighted by atomic mass is 32.2. The van der Waals surface area contributed by atoms with Crippen LogP contribution in [-0.2, 0) is 17.2 Å². The summed E-state index contributed by atoms with van der Waals surface area (Å²) in [6, 6.07) is 11.5. The zero-order chi connectivity index (χ0) is 14.1. The largest absolute Gasteiger partial charge is 0.496 e. The summed E-state index contributed by atoms with van der Waals surface area (Å²) in [4.78, 5) is 1.68. The first kappa shape index (κ1) is 13.2. The van der Waals surface area contributed by atoms with Crippen molar-refractivity contribution in [3.63, 3.8) is 0 Å². The maximum Gasteiger partial charge on any atom is 0.123 e. The lowest BCUT2D eigenvalue weighted by molar-refractivity contribution is 0.339. The third-order valence-corrected chi connectivity index (χ3v) is 4.99. The van der Waals surface area contributed by atoms with Gasteiger partial charge in [0.1, 0.15) is 11.5 Å². The first-order valence-corrected chi connectivity index (χ1v) is 7.73. The Morgan fingerprint density at radius 2 is 2.05 bits per heavy atom. The Kier molecular flexibility index (Phi) is 3.49. The van der Waals surface area contributed by atoms with E-state index in [0.29, 0.717) is 6.61 Å². The Bertz CT molecular complexity index is 679. The summed E-state index contributed by atoms with van der Waals surface area (Å²) in [5.41, 5.74) is 2.09. The van der Waals surface area contributed by atoms with E-state index in [1.54, 1.807) is 7.11 Å². The van der Waals surface area contributed by atoms with Crippen molar-refractivity contribution in [1.82, 2.24) is 0 Å². The van der Waals surface area contributed by atoms with Crippen molar-refractivity contribution in [2.45, 2.75) is 23.1 Å². The fourth-order valence-corrected chi connectivity index (χ4v) is 3.94. The average molecular weight is 288 g/mol. The molecule has 0 saturated carbocycles. The Balaban J connectivity index is 2.10. The van der Waals surface area contributed by atoms with Crippen molar-refractivity contribution in [2.75, 3.05) is 13.7 Å². The van der Waals surface area contributed by atoms with Gasteiger partial charge in [-0.2, -0.15) is 0 Å². The molecule has 1 unspecified atom stereocenters. The van der Waals surface area contributed by atoms with Gasteiger partial charge in [0.05, 0.1) is 34.3 Å². The van der Waals surface area contributed by atoms with E-state index in [9.17, 15) is 4.21 Å². The molecule has 4 heteroatoms. The van der Waals surface area contributed by atoms with Gasteiger partial charge >= 0.3 is 0 Å². The van der Waals surface area contributed by atoms with Crippen molar-refractivity contribution < 1.29 is 13.7 Å². The van der Waals surface area contributed by atoms with E-state index >= 15 is 0 Å². The summed E-state index contributed by atoms with van der Waals surface area (Å²) in [6.07, 6.45) is 0.743. The van der Waals surface area contributed by atoms with Gasteiger partial charge in [0.25, 0.3) is 0 Å². The first-order chi connectivity index (χ1) is 9.74. The summed E-state index contributed by atoms with van der Waals surface area (Å²) in [6.45, 7) is 2.55. The van der Waals surface area contributed by atoms with Gasteiger partial charge in [-0.1, -0.05) is 12.1 Å². The molecule has 3 rings (SSSR count). The topological polar surface area (TPSA) is 35.5 Å².